The number of aromatic nitrogens is 2. The number of pyridine rings is 1. The third-order valence-electron chi connectivity index (χ3n) is 3.78. The first-order chi connectivity index (χ1) is 11.3. The highest BCUT2D eigenvalue weighted by Gasteiger charge is 2.09. The second-order valence-corrected chi connectivity index (χ2v) is 5.24. The number of fused-ring (bicyclic) bond motifs is 3. The number of oxazole rings is 1. The summed E-state index contributed by atoms with van der Waals surface area (Å²) in [6.07, 6.45) is 4.38. The molecule has 2 aromatic heterocycles. The minimum atomic E-state index is -0.279. The van der Waals surface area contributed by atoms with Crippen molar-refractivity contribution in [1.82, 2.24) is 15.3 Å². The van der Waals surface area contributed by atoms with Gasteiger partial charge in [0.05, 0.1) is 12.2 Å². The first-order valence-electron chi connectivity index (χ1n) is 7.24. The predicted octanol–water partition coefficient (Wildman–Crippen LogP) is 3.31. The Morgan fingerprint density at radius 2 is 1.91 bits per heavy atom. The summed E-state index contributed by atoms with van der Waals surface area (Å²) in [5.41, 5.74) is 1.06. The number of hydrogen-bond donors (Lipinski definition) is 1. The van der Waals surface area contributed by atoms with Crippen LogP contribution in [0.25, 0.3) is 21.5 Å². The van der Waals surface area contributed by atoms with Crippen LogP contribution in [0.15, 0.2) is 65.7 Å². The average molecular weight is 303 g/mol. The molecular weight excluding hydrogens is 290 g/mol. The summed E-state index contributed by atoms with van der Waals surface area (Å²) in [4.78, 5) is 20.1. The second-order valence-electron chi connectivity index (χ2n) is 5.24. The monoisotopic (exact) mass is 303 g/mol. The van der Waals surface area contributed by atoms with Gasteiger partial charge >= 0.3 is 0 Å². The lowest BCUT2D eigenvalue weighted by atomic mass is 10.0. The van der Waals surface area contributed by atoms with Gasteiger partial charge in [-0.3, -0.25) is 9.78 Å². The maximum absolute atomic E-state index is 11.9. The van der Waals surface area contributed by atoms with Crippen molar-refractivity contribution in [2.24, 2.45) is 0 Å². The quantitative estimate of drug-likeness (QED) is 0.590. The number of hydrogen-bond acceptors (Lipinski definition) is 4. The van der Waals surface area contributed by atoms with Crippen LogP contribution in [0.5, 0.6) is 0 Å². The van der Waals surface area contributed by atoms with E-state index in [4.69, 9.17) is 4.42 Å². The normalized spacial score (nSPS) is 11.0. The number of nitrogens with one attached hydrogen (secondary N) is 1. The largest absolute Gasteiger partial charge is 0.451 e. The first-order valence-corrected chi connectivity index (χ1v) is 7.24. The molecule has 2 aromatic carbocycles. The van der Waals surface area contributed by atoms with Crippen LogP contribution in [-0.2, 0) is 6.54 Å². The van der Waals surface area contributed by atoms with Crippen molar-refractivity contribution in [3.8, 4) is 0 Å². The van der Waals surface area contributed by atoms with E-state index < -0.39 is 0 Å². The summed E-state index contributed by atoms with van der Waals surface area (Å²) >= 11 is 0. The van der Waals surface area contributed by atoms with E-state index in [0.29, 0.717) is 6.54 Å². The minimum Gasteiger partial charge on any atom is -0.451 e. The van der Waals surface area contributed by atoms with Crippen LogP contribution < -0.4 is 5.32 Å². The summed E-state index contributed by atoms with van der Waals surface area (Å²) in [6, 6.07) is 14.4. The average Bonchev–Trinajstić information content (AvgIpc) is 3.14. The molecule has 1 amide bonds. The molecule has 4 rings (SSSR count). The maximum Gasteiger partial charge on any atom is 0.273 e. The number of amides is 1. The van der Waals surface area contributed by atoms with E-state index in [1.807, 2.05) is 24.4 Å². The molecule has 0 radical (unpaired) electrons. The van der Waals surface area contributed by atoms with Gasteiger partial charge in [0, 0.05) is 11.6 Å². The first kappa shape index (κ1) is 13.5. The lowest BCUT2D eigenvalue weighted by molar-refractivity contribution is 0.0945. The van der Waals surface area contributed by atoms with Crippen molar-refractivity contribution in [3.05, 3.63) is 72.7 Å². The maximum atomic E-state index is 11.9. The Kier molecular flexibility index (Phi) is 3.24. The molecule has 5 nitrogen and oxygen atoms in total. The molecule has 0 spiro atoms. The predicted molar refractivity (Wildman–Crippen MR) is 86.9 cm³/mol. The topological polar surface area (TPSA) is 68.0 Å². The lowest BCUT2D eigenvalue weighted by Gasteiger charge is -2.07. The Balaban J connectivity index is 1.65. The summed E-state index contributed by atoms with van der Waals surface area (Å²) in [6.45, 7) is 0.338. The fourth-order valence-corrected chi connectivity index (χ4v) is 2.63. The number of nitrogens with zero attached hydrogens (tertiary/aromatic N) is 2. The van der Waals surface area contributed by atoms with Gasteiger partial charge < -0.3 is 9.73 Å². The van der Waals surface area contributed by atoms with Crippen LogP contribution in [0.4, 0.5) is 0 Å². The van der Waals surface area contributed by atoms with E-state index in [1.54, 1.807) is 0 Å². The Bertz CT molecular complexity index is 994. The van der Waals surface area contributed by atoms with Crippen molar-refractivity contribution >= 4 is 27.5 Å². The summed E-state index contributed by atoms with van der Waals surface area (Å²) < 4.78 is 4.81. The van der Waals surface area contributed by atoms with E-state index in [2.05, 4.69) is 39.6 Å². The molecule has 2 heterocycles. The molecule has 0 aliphatic rings. The third-order valence-corrected chi connectivity index (χ3v) is 3.78. The number of carbonyl (C=O) groups is 1. The smallest absolute Gasteiger partial charge is 0.273 e. The molecule has 0 fully saturated rings. The zero-order valence-electron chi connectivity index (χ0n) is 12.2. The number of carbonyl (C=O) groups excluding carboxylic acids is 1. The highest BCUT2D eigenvalue weighted by Crippen LogP contribution is 2.25. The molecule has 0 saturated carbocycles. The van der Waals surface area contributed by atoms with Gasteiger partial charge in [0.1, 0.15) is 6.26 Å². The number of rotatable bonds is 3. The summed E-state index contributed by atoms with van der Waals surface area (Å²) in [7, 11) is 0. The molecular formula is C18H13N3O2. The molecule has 0 aliphatic carbocycles. The Labute approximate surface area is 132 Å². The van der Waals surface area contributed by atoms with Crippen LogP contribution in [-0.4, -0.2) is 15.9 Å². The SMILES string of the molecule is O=C(NCc1cc2c(ccc3ccccc32)cn1)c1cocn1. The Morgan fingerprint density at radius 3 is 2.78 bits per heavy atom. The minimum absolute atomic E-state index is 0.260. The van der Waals surface area contributed by atoms with Gasteiger partial charge in [-0.05, 0) is 22.2 Å². The number of benzene rings is 2. The summed E-state index contributed by atoms with van der Waals surface area (Å²) in [5.74, 6) is -0.279. The van der Waals surface area contributed by atoms with E-state index in [0.717, 1.165) is 16.5 Å². The lowest BCUT2D eigenvalue weighted by Crippen LogP contribution is -2.23. The molecule has 1 N–H and O–H groups in total. The van der Waals surface area contributed by atoms with Gasteiger partial charge in [-0.25, -0.2) is 4.98 Å². The Morgan fingerprint density at radius 1 is 1.04 bits per heavy atom. The van der Waals surface area contributed by atoms with Crippen molar-refractivity contribution in [2.75, 3.05) is 0 Å². The molecule has 0 aliphatic heterocycles. The third kappa shape index (κ3) is 2.53. The van der Waals surface area contributed by atoms with Crippen molar-refractivity contribution < 1.29 is 9.21 Å². The highest BCUT2D eigenvalue weighted by atomic mass is 16.3. The van der Waals surface area contributed by atoms with Crippen molar-refractivity contribution in [1.29, 1.82) is 0 Å². The molecule has 0 unspecified atom stereocenters. The van der Waals surface area contributed by atoms with Gasteiger partial charge in [0.15, 0.2) is 12.1 Å². The van der Waals surface area contributed by atoms with Crippen LogP contribution in [0.3, 0.4) is 0 Å². The standard InChI is InChI=1S/C18H13N3O2/c22-18(17-10-23-11-21-17)20-9-14-7-16-13(8-19-14)6-5-12-3-1-2-4-15(12)16/h1-8,10-11H,9H2,(H,20,22). The van der Waals surface area contributed by atoms with Crippen molar-refractivity contribution in [3.63, 3.8) is 0 Å². The van der Waals surface area contributed by atoms with Gasteiger partial charge in [-0.1, -0.05) is 36.4 Å². The molecule has 0 saturated heterocycles. The van der Waals surface area contributed by atoms with Crippen LogP contribution in [0.1, 0.15) is 16.2 Å². The van der Waals surface area contributed by atoms with Gasteiger partial charge in [0.2, 0.25) is 0 Å². The molecule has 23 heavy (non-hydrogen) atoms. The highest BCUT2D eigenvalue weighted by molar-refractivity contribution is 6.07. The fourth-order valence-electron chi connectivity index (χ4n) is 2.63. The van der Waals surface area contributed by atoms with Gasteiger partial charge in [0.25, 0.3) is 5.91 Å². The van der Waals surface area contributed by atoms with E-state index >= 15 is 0 Å². The van der Waals surface area contributed by atoms with Crippen molar-refractivity contribution in [2.45, 2.75) is 6.54 Å². The summed E-state index contributed by atoms with van der Waals surface area (Å²) in [5, 5.41) is 7.36. The fraction of sp³-hybridized carbons (Fsp3) is 0.0556. The van der Waals surface area contributed by atoms with Crippen LogP contribution >= 0.6 is 0 Å². The zero-order valence-corrected chi connectivity index (χ0v) is 12.2. The van der Waals surface area contributed by atoms with Crippen LogP contribution in [0.2, 0.25) is 0 Å². The molecule has 5 heteroatoms. The Hall–Kier alpha value is -3.21. The molecule has 0 bridgehead atoms. The zero-order chi connectivity index (χ0) is 15.6. The van der Waals surface area contributed by atoms with E-state index in [-0.39, 0.29) is 11.6 Å². The second kappa shape index (κ2) is 5.53. The van der Waals surface area contributed by atoms with Crippen LogP contribution in [0, 0.1) is 0 Å². The van der Waals surface area contributed by atoms with Gasteiger partial charge in [-0.15, -0.1) is 0 Å². The molecule has 4 aromatic rings. The van der Waals surface area contributed by atoms with Gasteiger partial charge in [-0.2, -0.15) is 0 Å². The van der Waals surface area contributed by atoms with E-state index in [9.17, 15) is 4.79 Å². The molecule has 112 valence electrons. The molecule has 0 atom stereocenters. The van der Waals surface area contributed by atoms with E-state index in [1.165, 1.54) is 23.4 Å².